The average Bonchev–Trinajstić information content (AvgIpc) is 3.00. The van der Waals surface area contributed by atoms with Crippen LogP contribution in [0.3, 0.4) is 0 Å². The zero-order chi connectivity index (χ0) is 19.6. The fourth-order valence-corrected chi connectivity index (χ4v) is 3.07. The third kappa shape index (κ3) is 3.69. The molecule has 0 aliphatic carbocycles. The van der Waals surface area contributed by atoms with Crippen LogP contribution in [0.25, 0.3) is 21.9 Å². The Morgan fingerprint density at radius 3 is 2.70 bits per heavy atom. The van der Waals surface area contributed by atoms with Crippen molar-refractivity contribution in [3.8, 4) is 0 Å². The average molecular weight is 369 g/mol. The van der Waals surface area contributed by atoms with Gasteiger partial charge in [0.1, 0.15) is 11.3 Å². The summed E-state index contributed by atoms with van der Waals surface area (Å²) >= 11 is 0. The molecule has 0 radical (unpaired) electrons. The van der Waals surface area contributed by atoms with E-state index in [1.165, 1.54) is 14.0 Å². The van der Waals surface area contributed by atoms with Crippen molar-refractivity contribution >= 4 is 39.6 Å². The predicted octanol–water partition coefficient (Wildman–Crippen LogP) is 2.10. The van der Waals surface area contributed by atoms with Crippen LogP contribution in [0.1, 0.15) is 25.6 Å². The summed E-state index contributed by atoms with van der Waals surface area (Å²) in [4.78, 5) is 33.9. The number of hydrogen-bond donors (Lipinski definition) is 1. The molecule has 0 spiro atoms. The number of esters is 1. The van der Waals surface area contributed by atoms with E-state index >= 15 is 0 Å². The number of nitrogen functional groups attached to an aromatic ring is 1. The summed E-state index contributed by atoms with van der Waals surface area (Å²) in [6.45, 7) is 2.41. The highest BCUT2D eigenvalue weighted by atomic mass is 16.5. The minimum atomic E-state index is -0.257. The Kier molecular flexibility index (Phi) is 5.25. The van der Waals surface area contributed by atoms with E-state index in [1.807, 2.05) is 28.8 Å². The number of para-hydroxylation sites is 1. The van der Waals surface area contributed by atoms with Crippen LogP contribution in [-0.2, 0) is 27.4 Å². The molecule has 3 aromatic rings. The number of aryl methyl sites for hydroxylation is 1. The van der Waals surface area contributed by atoms with E-state index in [9.17, 15) is 9.59 Å². The third-order valence-electron chi connectivity index (χ3n) is 4.60. The zero-order valence-electron chi connectivity index (χ0n) is 15.7. The molecule has 1 amide bonds. The highest BCUT2D eigenvalue weighted by molar-refractivity contribution is 6.06. The van der Waals surface area contributed by atoms with Crippen molar-refractivity contribution in [2.75, 3.05) is 19.9 Å². The molecule has 0 atom stereocenters. The first-order valence-corrected chi connectivity index (χ1v) is 8.74. The molecule has 1 aromatic carbocycles. The predicted molar refractivity (Wildman–Crippen MR) is 103 cm³/mol. The van der Waals surface area contributed by atoms with Crippen LogP contribution < -0.4 is 5.73 Å². The minimum absolute atomic E-state index is 0.0564. The number of methoxy groups -OCH3 is 1. The van der Waals surface area contributed by atoms with Crippen molar-refractivity contribution in [2.24, 2.45) is 0 Å². The van der Waals surface area contributed by atoms with Crippen LogP contribution in [-0.4, -0.2) is 45.5 Å². The van der Waals surface area contributed by atoms with Gasteiger partial charge in [0.15, 0.2) is 5.82 Å². The van der Waals surface area contributed by atoms with Crippen LogP contribution >= 0.6 is 0 Å². The Labute approximate surface area is 156 Å². The number of pyridine rings is 1. The molecule has 2 heterocycles. The number of nitrogens with two attached hydrogens (primary N) is 1. The summed E-state index contributed by atoms with van der Waals surface area (Å²) in [5.41, 5.74) is 8.41. The number of amides is 1. The second kappa shape index (κ2) is 7.61. The Bertz CT molecular complexity index is 1010. The SMILES string of the molecule is COC(=O)CCCn1c(CN(C)C(C)=O)nc2c(N)nc3ccccc3c21. The van der Waals surface area contributed by atoms with E-state index in [0.717, 1.165) is 16.4 Å². The molecular formula is C19H23N5O3. The normalized spacial score (nSPS) is 11.1. The van der Waals surface area contributed by atoms with Crippen molar-refractivity contribution in [1.29, 1.82) is 0 Å². The van der Waals surface area contributed by atoms with Gasteiger partial charge in [0.2, 0.25) is 5.91 Å². The molecule has 142 valence electrons. The second-order valence-corrected chi connectivity index (χ2v) is 6.45. The summed E-state index contributed by atoms with van der Waals surface area (Å²) < 4.78 is 6.75. The fourth-order valence-electron chi connectivity index (χ4n) is 3.07. The van der Waals surface area contributed by atoms with E-state index in [4.69, 9.17) is 10.5 Å². The van der Waals surface area contributed by atoms with Gasteiger partial charge in [-0.15, -0.1) is 0 Å². The number of ether oxygens (including phenoxy) is 1. The standard InChI is InChI=1S/C19H23N5O3/c1-12(25)23(2)11-15-22-17-18(24(15)10-6-9-16(26)27-3)13-7-4-5-8-14(13)21-19(17)20/h4-5,7-8H,6,9-11H2,1-3H3,(H2,20,21). The molecule has 0 saturated carbocycles. The maximum Gasteiger partial charge on any atom is 0.305 e. The first kappa shape index (κ1) is 18.6. The smallest absolute Gasteiger partial charge is 0.305 e. The topological polar surface area (TPSA) is 103 Å². The molecule has 27 heavy (non-hydrogen) atoms. The number of rotatable bonds is 6. The lowest BCUT2D eigenvalue weighted by Crippen LogP contribution is -2.25. The quantitative estimate of drug-likeness (QED) is 0.668. The fraction of sp³-hybridized carbons (Fsp3) is 0.368. The maximum atomic E-state index is 11.7. The Hall–Kier alpha value is -3.16. The molecule has 2 aromatic heterocycles. The van der Waals surface area contributed by atoms with Gasteiger partial charge in [0, 0.05) is 32.3 Å². The van der Waals surface area contributed by atoms with E-state index in [2.05, 4.69) is 9.97 Å². The molecule has 0 unspecified atom stereocenters. The van der Waals surface area contributed by atoms with Crippen LogP contribution in [0, 0.1) is 0 Å². The number of hydrogen-bond acceptors (Lipinski definition) is 6. The molecule has 3 rings (SSSR count). The van der Waals surface area contributed by atoms with Gasteiger partial charge in [-0.05, 0) is 12.5 Å². The number of nitrogens with zero attached hydrogens (tertiary/aromatic N) is 4. The van der Waals surface area contributed by atoms with E-state index in [-0.39, 0.29) is 11.9 Å². The van der Waals surface area contributed by atoms with Gasteiger partial charge in [0.05, 0.1) is 24.7 Å². The van der Waals surface area contributed by atoms with Gasteiger partial charge in [-0.3, -0.25) is 9.59 Å². The molecule has 8 nitrogen and oxygen atoms in total. The van der Waals surface area contributed by atoms with Crippen molar-refractivity contribution in [2.45, 2.75) is 32.9 Å². The maximum absolute atomic E-state index is 11.7. The molecule has 0 saturated heterocycles. The molecule has 2 N–H and O–H groups in total. The van der Waals surface area contributed by atoms with Crippen LogP contribution in [0.4, 0.5) is 5.82 Å². The highest BCUT2D eigenvalue weighted by Crippen LogP contribution is 2.29. The van der Waals surface area contributed by atoms with Gasteiger partial charge >= 0.3 is 5.97 Å². The van der Waals surface area contributed by atoms with Crippen LogP contribution in [0.15, 0.2) is 24.3 Å². The monoisotopic (exact) mass is 369 g/mol. The van der Waals surface area contributed by atoms with Crippen LogP contribution in [0.2, 0.25) is 0 Å². The molecular weight excluding hydrogens is 346 g/mol. The lowest BCUT2D eigenvalue weighted by Gasteiger charge is -2.16. The Morgan fingerprint density at radius 1 is 1.26 bits per heavy atom. The number of imidazole rings is 1. The molecule has 0 aliphatic heterocycles. The first-order chi connectivity index (χ1) is 12.9. The van der Waals surface area contributed by atoms with Gasteiger partial charge in [0.25, 0.3) is 0 Å². The summed E-state index contributed by atoms with van der Waals surface area (Å²) in [6.07, 6.45) is 0.891. The van der Waals surface area contributed by atoms with Crippen molar-refractivity contribution in [3.63, 3.8) is 0 Å². The Balaban J connectivity index is 2.13. The first-order valence-electron chi connectivity index (χ1n) is 8.74. The Morgan fingerprint density at radius 2 is 2.00 bits per heavy atom. The van der Waals surface area contributed by atoms with E-state index < -0.39 is 0 Å². The van der Waals surface area contributed by atoms with Gasteiger partial charge in [-0.1, -0.05) is 18.2 Å². The lowest BCUT2D eigenvalue weighted by atomic mass is 10.2. The number of carbonyl (C=O) groups is 2. The van der Waals surface area contributed by atoms with Crippen molar-refractivity contribution < 1.29 is 14.3 Å². The number of anilines is 1. The van der Waals surface area contributed by atoms with E-state index in [1.54, 1.807) is 11.9 Å². The van der Waals surface area contributed by atoms with Gasteiger partial charge in [-0.2, -0.15) is 0 Å². The van der Waals surface area contributed by atoms with Crippen molar-refractivity contribution in [3.05, 3.63) is 30.1 Å². The minimum Gasteiger partial charge on any atom is -0.469 e. The molecule has 0 fully saturated rings. The summed E-state index contributed by atoms with van der Waals surface area (Å²) in [5.74, 6) is 0.742. The number of aromatic nitrogens is 3. The van der Waals surface area contributed by atoms with Gasteiger partial charge in [-0.25, -0.2) is 9.97 Å². The van der Waals surface area contributed by atoms with Crippen LogP contribution in [0.5, 0.6) is 0 Å². The third-order valence-corrected chi connectivity index (χ3v) is 4.60. The number of fused-ring (bicyclic) bond motifs is 3. The molecule has 0 bridgehead atoms. The lowest BCUT2D eigenvalue weighted by molar-refractivity contribution is -0.140. The zero-order valence-corrected chi connectivity index (χ0v) is 15.7. The number of benzene rings is 1. The summed E-state index contributed by atoms with van der Waals surface area (Å²) in [7, 11) is 3.10. The second-order valence-electron chi connectivity index (χ2n) is 6.45. The number of carbonyl (C=O) groups excluding carboxylic acids is 2. The van der Waals surface area contributed by atoms with Gasteiger partial charge < -0.3 is 19.9 Å². The highest BCUT2D eigenvalue weighted by Gasteiger charge is 2.19. The largest absolute Gasteiger partial charge is 0.469 e. The summed E-state index contributed by atoms with van der Waals surface area (Å²) in [5, 5.41) is 0.934. The molecule has 8 heteroatoms. The molecule has 0 aliphatic rings. The van der Waals surface area contributed by atoms with E-state index in [0.29, 0.717) is 43.1 Å². The van der Waals surface area contributed by atoms with Crippen molar-refractivity contribution in [1.82, 2.24) is 19.4 Å². The summed E-state index contributed by atoms with van der Waals surface area (Å²) in [6, 6.07) is 7.72.